The summed E-state index contributed by atoms with van der Waals surface area (Å²) in [6.45, 7) is 8.73. The Bertz CT molecular complexity index is 1270. The van der Waals surface area contributed by atoms with Crippen LogP contribution in [0.1, 0.15) is 50.3 Å². The fourth-order valence-electron chi connectivity index (χ4n) is 4.03. The normalized spacial score (nSPS) is 11.9. The van der Waals surface area contributed by atoms with Crippen LogP contribution < -0.4 is 10.1 Å². The predicted octanol–water partition coefficient (Wildman–Crippen LogP) is 7.67. The Labute approximate surface area is 250 Å². The van der Waals surface area contributed by atoms with Crippen molar-refractivity contribution in [1.82, 2.24) is 10.2 Å². The van der Waals surface area contributed by atoms with Gasteiger partial charge in [-0.15, -0.1) is 0 Å². The molecule has 0 aromatic heterocycles. The van der Waals surface area contributed by atoms with Crippen molar-refractivity contribution in [3.63, 3.8) is 0 Å². The smallest absolute Gasteiger partial charge is 0.261 e. The van der Waals surface area contributed by atoms with E-state index in [1.807, 2.05) is 68.4 Å². The van der Waals surface area contributed by atoms with Gasteiger partial charge in [0.15, 0.2) is 6.61 Å². The third-order valence-corrected chi connectivity index (χ3v) is 7.63. The zero-order valence-electron chi connectivity index (χ0n) is 22.7. The summed E-state index contributed by atoms with van der Waals surface area (Å²) in [6.07, 6.45) is 0.352. The summed E-state index contributed by atoms with van der Waals surface area (Å²) < 4.78 is 6.73. The van der Waals surface area contributed by atoms with Crippen LogP contribution in [0.3, 0.4) is 0 Å². The Kier molecular flexibility index (Phi) is 11.7. The minimum Gasteiger partial charge on any atom is -0.483 e. The van der Waals surface area contributed by atoms with Gasteiger partial charge in [0.05, 0.1) is 14.5 Å². The van der Waals surface area contributed by atoms with Gasteiger partial charge in [-0.1, -0.05) is 93.4 Å². The third kappa shape index (κ3) is 9.26. The molecule has 0 aliphatic carbocycles. The van der Waals surface area contributed by atoms with Gasteiger partial charge in [-0.3, -0.25) is 9.59 Å². The summed E-state index contributed by atoms with van der Waals surface area (Å²) in [5, 5.41) is 3.82. The number of nitrogens with one attached hydrogen (secondary N) is 1. The Balaban J connectivity index is 1.92. The molecule has 208 valence electrons. The molecule has 3 aromatic rings. The van der Waals surface area contributed by atoms with Gasteiger partial charge in [-0.05, 0) is 68.7 Å². The maximum Gasteiger partial charge on any atom is 0.261 e. The summed E-state index contributed by atoms with van der Waals surface area (Å²) in [4.78, 5) is 28.9. The molecule has 5 nitrogen and oxygen atoms in total. The van der Waals surface area contributed by atoms with E-state index in [4.69, 9.17) is 27.9 Å². The number of carbonyl (C=O) groups is 2. The van der Waals surface area contributed by atoms with Crippen LogP contribution in [0.4, 0.5) is 0 Å². The molecule has 0 bridgehead atoms. The van der Waals surface area contributed by atoms with E-state index in [0.717, 1.165) is 21.2 Å². The van der Waals surface area contributed by atoms with Gasteiger partial charge in [-0.2, -0.15) is 0 Å². The summed E-state index contributed by atoms with van der Waals surface area (Å²) in [5.74, 6) is 0.651. The van der Waals surface area contributed by atoms with E-state index in [2.05, 4.69) is 35.1 Å². The quantitative estimate of drug-likeness (QED) is 0.223. The molecule has 0 aliphatic rings. The Hall–Kier alpha value is -2.54. The minimum absolute atomic E-state index is 0.166. The fourth-order valence-corrected chi connectivity index (χ4v) is 4.86. The number of hydrogen-bond acceptors (Lipinski definition) is 3. The second-order valence-electron chi connectivity index (χ2n) is 10.2. The highest BCUT2D eigenvalue weighted by atomic mass is 79.9. The molecule has 0 radical (unpaired) electrons. The molecule has 0 saturated carbocycles. The van der Waals surface area contributed by atoms with Crippen LogP contribution in [0.5, 0.6) is 5.75 Å². The lowest BCUT2D eigenvalue weighted by Crippen LogP contribution is -2.52. The van der Waals surface area contributed by atoms with E-state index in [9.17, 15) is 9.59 Å². The highest BCUT2D eigenvalue weighted by Crippen LogP contribution is 2.29. The van der Waals surface area contributed by atoms with Crippen LogP contribution in [-0.2, 0) is 22.6 Å². The van der Waals surface area contributed by atoms with Crippen LogP contribution in [0, 0.1) is 5.92 Å². The van der Waals surface area contributed by atoms with Gasteiger partial charge < -0.3 is 15.0 Å². The van der Waals surface area contributed by atoms with Crippen molar-refractivity contribution in [2.75, 3.05) is 13.2 Å². The molecular weight excluding hydrogens is 599 g/mol. The molecule has 0 heterocycles. The number of amides is 2. The van der Waals surface area contributed by atoms with Crippen molar-refractivity contribution in [3.8, 4) is 5.75 Å². The van der Waals surface area contributed by atoms with Crippen LogP contribution in [0.25, 0.3) is 0 Å². The molecule has 1 atom stereocenters. The van der Waals surface area contributed by atoms with Crippen molar-refractivity contribution in [1.29, 1.82) is 0 Å². The molecule has 3 rings (SSSR count). The summed E-state index contributed by atoms with van der Waals surface area (Å²) in [5.41, 5.74) is 2.86. The molecule has 0 fully saturated rings. The van der Waals surface area contributed by atoms with Crippen molar-refractivity contribution in [3.05, 3.63) is 97.9 Å². The van der Waals surface area contributed by atoms with E-state index < -0.39 is 6.04 Å². The van der Waals surface area contributed by atoms with Crippen LogP contribution in [-0.4, -0.2) is 35.9 Å². The Morgan fingerprint density at radius 2 is 1.64 bits per heavy atom. The maximum atomic E-state index is 13.8. The molecule has 0 aliphatic heterocycles. The molecule has 1 N–H and O–H groups in total. The van der Waals surface area contributed by atoms with E-state index in [0.29, 0.717) is 34.7 Å². The topological polar surface area (TPSA) is 58.6 Å². The van der Waals surface area contributed by atoms with Gasteiger partial charge in [0, 0.05) is 19.5 Å². The maximum absolute atomic E-state index is 13.8. The first-order chi connectivity index (χ1) is 18.5. The minimum atomic E-state index is -0.761. The highest BCUT2D eigenvalue weighted by molar-refractivity contribution is 9.10. The van der Waals surface area contributed by atoms with Gasteiger partial charge in [0.1, 0.15) is 11.8 Å². The first-order valence-electron chi connectivity index (χ1n) is 13.0. The highest BCUT2D eigenvalue weighted by Gasteiger charge is 2.31. The average molecular weight is 634 g/mol. The van der Waals surface area contributed by atoms with Gasteiger partial charge >= 0.3 is 0 Å². The van der Waals surface area contributed by atoms with E-state index in [-0.39, 0.29) is 30.9 Å². The molecule has 1 unspecified atom stereocenters. The standard InChI is InChI=1S/C31H35BrCl2N2O3/c1-20(2)17-35-31(38)28(15-22-8-6-5-7-9-22)36(18-23-10-12-26(33)27(34)14-23)30(37)19-39-29-13-11-24(21(3)4)16-25(29)32/h5-14,16,20-21,28H,15,17-19H2,1-4H3,(H,35,38). The van der Waals surface area contributed by atoms with Crippen LogP contribution >= 0.6 is 39.1 Å². The van der Waals surface area contributed by atoms with Crippen molar-refractivity contribution >= 4 is 50.9 Å². The zero-order valence-corrected chi connectivity index (χ0v) is 25.8. The molecular formula is C31H35BrCl2N2O3. The lowest BCUT2D eigenvalue weighted by Gasteiger charge is -2.32. The number of nitrogens with zero attached hydrogens (tertiary/aromatic N) is 1. The zero-order chi connectivity index (χ0) is 28.5. The molecule has 2 amide bonds. The molecule has 0 spiro atoms. The molecule has 8 heteroatoms. The number of carbonyl (C=O) groups excluding carboxylic acids is 2. The van der Waals surface area contributed by atoms with Gasteiger partial charge in [0.25, 0.3) is 5.91 Å². The SMILES string of the molecule is CC(C)CNC(=O)C(Cc1ccccc1)N(Cc1ccc(Cl)c(Cl)c1)C(=O)COc1ccc(C(C)C)cc1Br. The van der Waals surface area contributed by atoms with Gasteiger partial charge in [-0.25, -0.2) is 0 Å². The van der Waals surface area contributed by atoms with Crippen molar-refractivity contribution in [2.45, 2.75) is 52.6 Å². The van der Waals surface area contributed by atoms with E-state index in [1.54, 1.807) is 17.0 Å². The summed E-state index contributed by atoms with van der Waals surface area (Å²) in [7, 11) is 0. The molecule has 0 saturated heterocycles. The van der Waals surface area contributed by atoms with Crippen LogP contribution in [0.2, 0.25) is 10.0 Å². The molecule has 3 aromatic carbocycles. The predicted molar refractivity (Wildman–Crippen MR) is 163 cm³/mol. The van der Waals surface area contributed by atoms with Gasteiger partial charge in [0.2, 0.25) is 5.91 Å². The van der Waals surface area contributed by atoms with Crippen molar-refractivity contribution < 1.29 is 14.3 Å². The Morgan fingerprint density at radius 1 is 0.923 bits per heavy atom. The first kappa shape index (κ1) is 31.0. The lowest BCUT2D eigenvalue weighted by atomic mass is 10.0. The second-order valence-corrected chi connectivity index (χ2v) is 11.9. The van der Waals surface area contributed by atoms with Crippen LogP contribution in [0.15, 0.2) is 71.2 Å². The van der Waals surface area contributed by atoms with E-state index in [1.165, 1.54) is 0 Å². The lowest BCUT2D eigenvalue weighted by molar-refractivity contribution is -0.142. The third-order valence-electron chi connectivity index (χ3n) is 6.27. The number of benzene rings is 3. The average Bonchev–Trinajstić information content (AvgIpc) is 2.90. The number of ether oxygens (including phenoxy) is 1. The second kappa shape index (κ2) is 14.7. The summed E-state index contributed by atoms with van der Waals surface area (Å²) in [6, 6.07) is 20.0. The largest absolute Gasteiger partial charge is 0.483 e. The number of halogens is 3. The Morgan fingerprint density at radius 3 is 2.26 bits per heavy atom. The van der Waals surface area contributed by atoms with Crippen molar-refractivity contribution in [2.24, 2.45) is 5.92 Å². The van der Waals surface area contributed by atoms with E-state index >= 15 is 0 Å². The fraction of sp³-hybridized carbons (Fsp3) is 0.355. The molecule has 39 heavy (non-hydrogen) atoms. The first-order valence-corrected chi connectivity index (χ1v) is 14.6. The number of rotatable bonds is 12. The number of hydrogen-bond donors (Lipinski definition) is 1. The summed E-state index contributed by atoms with van der Waals surface area (Å²) >= 11 is 16.0. The monoisotopic (exact) mass is 632 g/mol.